The second-order valence-electron chi connectivity index (χ2n) is 11.7. The van der Waals surface area contributed by atoms with Gasteiger partial charge in [-0.05, 0) is 69.0 Å². The third kappa shape index (κ3) is 4.63. The van der Waals surface area contributed by atoms with E-state index >= 15 is 0 Å². The second-order valence-corrected chi connectivity index (χ2v) is 12.1. The number of hydrogen-bond donors (Lipinski definition) is 0. The Labute approximate surface area is 247 Å². The molecule has 8 nitrogen and oxygen atoms in total. The van der Waals surface area contributed by atoms with Gasteiger partial charge < -0.3 is 14.0 Å². The predicted octanol–water partition coefficient (Wildman–Crippen LogP) is 6.42. The summed E-state index contributed by atoms with van der Waals surface area (Å²) in [6, 6.07) is 16.7. The maximum absolute atomic E-state index is 14.8. The van der Waals surface area contributed by atoms with E-state index in [9.17, 15) is 14.9 Å². The van der Waals surface area contributed by atoms with Crippen molar-refractivity contribution in [3.05, 3.63) is 82.1 Å². The quantitative estimate of drug-likeness (QED) is 0.258. The van der Waals surface area contributed by atoms with Crippen LogP contribution in [-0.4, -0.2) is 32.5 Å². The first-order chi connectivity index (χ1) is 20.3. The molecule has 2 aromatic carbocycles. The number of hydrogen-bond acceptors (Lipinski definition) is 7. The van der Waals surface area contributed by atoms with E-state index < -0.39 is 11.6 Å². The fourth-order valence-corrected chi connectivity index (χ4v) is 6.39. The molecule has 1 aliphatic carbocycles. The van der Waals surface area contributed by atoms with Gasteiger partial charge in [-0.15, -0.1) is 0 Å². The van der Waals surface area contributed by atoms with Crippen LogP contribution in [0.5, 0.6) is 11.5 Å². The summed E-state index contributed by atoms with van der Waals surface area (Å²) in [6.07, 6.45) is 5.29. The summed E-state index contributed by atoms with van der Waals surface area (Å²) in [5.41, 5.74) is 2.94. The molecule has 4 heterocycles. The van der Waals surface area contributed by atoms with Crippen LogP contribution in [0, 0.1) is 33.9 Å². The van der Waals surface area contributed by atoms with E-state index in [1.807, 2.05) is 12.1 Å². The predicted molar refractivity (Wildman–Crippen MR) is 153 cm³/mol. The summed E-state index contributed by atoms with van der Waals surface area (Å²) < 4.78 is 29.5. The Hall–Kier alpha value is -4.18. The fraction of sp³-hybridized carbons (Fsp3) is 0.375. The van der Waals surface area contributed by atoms with Crippen molar-refractivity contribution >= 4 is 22.6 Å². The Balaban J connectivity index is 1.09. The van der Waals surface area contributed by atoms with Crippen LogP contribution in [0.25, 0.3) is 11.0 Å². The van der Waals surface area contributed by atoms with Crippen molar-refractivity contribution < 1.29 is 13.9 Å². The summed E-state index contributed by atoms with van der Waals surface area (Å²) in [4.78, 5) is 11.5. The van der Waals surface area contributed by atoms with Crippen LogP contribution < -0.4 is 9.47 Å². The molecule has 42 heavy (non-hydrogen) atoms. The Morgan fingerprint density at radius 3 is 2.64 bits per heavy atom. The number of ether oxygens (including phenoxy) is 2. The monoisotopic (exact) mass is 582 g/mol. The highest BCUT2D eigenvalue weighted by atomic mass is 35.5. The van der Waals surface area contributed by atoms with Crippen molar-refractivity contribution in [3.63, 3.8) is 0 Å². The van der Waals surface area contributed by atoms with E-state index in [4.69, 9.17) is 26.1 Å². The Morgan fingerprint density at radius 2 is 1.93 bits per heavy atom. The van der Waals surface area contributed by atoms with Gasteiger partial charge in [0.1, 0.15) is 23.4 Å². The highest BCUT2D eigenvalue weighted by molar-refractivity contribution is 6.30. The highest BCUT2D eigenvalue weighted by Crippen LogP contribution is 2.50. The van der Waals surface area contributed by atoms with Crippen LogP contribution in [0.1, 0.15) is 61.2 Å². The minimum Gasteiger partial charge on any atom is -0.444 e. The lowest BCUT2D eigenvalue weighted by Crippen LogP contribution is -2.34. The Bertz CT molecular complexity index is 1800. The lowest BCUT2D eigenvalue weighted by atomic mass is 9.88. The molecule has 7 rings (SSSR count). The zero-order valence-corrected chi connectivity index (χ0v) is 23.9. The first kappa shape index (κ1) is 26.7. The molecule has 0 radical (unpaired) electrons. The molecule has 2 fully saturated rings. The topological polar surface area (TPSA) is 100.0 Å². The normalized spacial score (nSPS) is 21.3. The largest absolute Gasteiger partial charge is 0.444 e. The van der Waals surface area contributed by atoms with Crippen molar-refractivity contribution in [1.29, 1.82) is 10.5 Å². The van der Waals surface area contributed by atoms with E-state index in [-0.39, 0.29) is 11.3 Å². The van der Waals surface area contributed by atoms with Crippen LogP contribution in [0.4, 0.5) is 4.39 Å². The molecule has 1 saturated carbocycles. The van der Waals surface area contributed by atoms with Gasteiger partial charge in [0.05, 0.1) is 40.8 Å². The molecule has 0 amide bonds. The minimum atomic E-state index is -1.28. The van der Waals surface area contributed by atoms with Crippen molar-refractivity contribution in [1.82, 2.24) is 19.4 Å². The van der Waals surface area contributed by atoms with Crippen LogP contribution in [0.2, 0.25) is 5.02 Å². The maximum atomic E-state index is 14.8. The summed E-state index contributed by atoms with van der Waals surface area (Å²) in [5, 5.41) is 19.4. The number of piperidine rings is 1. The van der Waals surface area contributed by atoms with Gasteiger partial charge >= 0.3 is 0 Å². The van der Waals surface area contributed by atoms with Crippen molar-refractivity contribution in [2.75, 3.05) is 13.1 Å². The van der Waals surface area contributed by atoms with Crippen LogP contribution in [0.15, 0.2) is 48.7 Å². The van der Waals surface area contributed by atoms with Gasteiger partial charge in [-0.3, -0.25) is 4.90 Å². The molecule has 212 valence electrons. The van der Waals surface area contributed by atoms with Crippen LogP contribution in [-0.2, 0) is 18.9 Å². The third-order valence-electron chi connectivity index (χ3n) is 8.80. The molecular formula is C32H28ClFN6O2. The van der Waals surface area contributed by atoms with Gasteiger partial charge in [0.25, 0.3) is 5.79 Å². The Morgan fingerprint density at radius 1 is 1.12 bits per heavy atom. The smallest absolute Gasteiger partial charge is 0.278 e. The van der Waals surface area contributed by atoms with Crippen LogP contribution >= 0.6 is 11.6 Å². The van der Waals surface area contributed by atoms with Crippen molar-refractivity contribution in [3.8, 4) is 23.6 Å². The number of nitrogens with zero attached hydrogens (tertiary/aromatic N) is 6. The molecule has 0 spiro atoms. The number of fused-ring (bicyclic) bond motifs is 2. The number of nitriles is 2. The molecule has 3 aliphatic rings. The van der Waals surface area contributed by atoms with Gasteiger partial charge in [0.2, 0.25) is 0 Å². The average Bonchev–Trinajstić information content (AvgIpc) is 3.57. The molecular weight excluding hydrogens is 555 g/mol. The lowest BCUT2D eigenvalue weighted by Gasteiger charge is -2.32. The number of aromatic nitrogens is 3. The number of likely N-dealkylation sites (tertiary alicyclic amines) is 1. The molecule has 0 N–H and O–H groups in total. The molecule has 4 aromatic rings. The first-order valence-corrected chi connectivity index (χ1v) is 14.5. The summed E-state index contributed by atoms with van der Waals surface area (Å²) in [7, 11) is 0. The fourth-order valence-electron chi connectivity index (χ4n) is 6.23. The van der Waals surface area contributed by atoms with Crippen LogP contribution in [0.3, 0.4) is 0 Å². The lowest BCUT2D eigenvalue weighted by molar-refractivity contribution is -0.0712. The number of rotatable bonds is 6. The van der Waals surface area contributed by atoms with E-state index in [0.717, 1.165) is 61.2 Å². The van der Waals surface area contributed by atoms with Gasteiger partial charge in [-0.25, -0.2) is 14.4 Å². The van der Waals surface area contributed by atoms with E-state index in [1.165, 1.54) is 6.07 Å². The van der Waals surface area contributed by atoms with Crippen molar-refractivity contribution in [2.45, 2.75) is 57.4 Å². The third-order valence-corrected chi connectivity index (χ3v) is 9.04. The average molecular weight is 583 g/mol. The van der Waals surface area contributed by atoms with E-state index in [0.29, 0.717) is 40.9 Å². The number of imidazole rings is 1. The first-order valence-electron chi connectivity index (χ1n) is 14.2. The molecule has 0 bridgehead atoms. The standard InChI is InChI=1S/C32H28ClFN6O2/c1-31(24-6-5-21(33)13-25(24)34)41-28-4-2-3-23(30(28)42-31)20-7-11-39(12-8-20)17-29-38-26-14-22(15-35)37-16-27(26)40(29)19-32(18-36)9-10-32/h2-6,13-14,16,20H,7-12,17,19H2,1H3. The number of pyridine rings is 1. The Kier molecular flexibility index (Phi) is 6.34. The zero-order valence-electron chi connectivity index (χ0n) is 23.1. The van der Waals surface area contributed by atoms with E-state index in [2.05, 4.69) is 32.7 Å². The highest BCUT2D eigenvalue weighted by Gasteiger charge is 2.45. The summed E-state index contributed by atoms with van der Waals surface area (Å²) >= 11 is 5.97. The SMILES string of the molecule is CC1(c2ccc(Cl)cc2F)Oc2cccc(C3CCN(Cc4nc5cc(C#N)ncc5n4CC4(C#N)CC4)CC3)c2O1. The maximum Gasteiger partial charge on any atom is 0.278 e. The summed E-state index contributed by atoms with van der Waals surface area (Å²) in [6.45, 7) is 4.66. The summed E-state index contributed by atoms with van der Waals surface area (Å²) in [5.74, 6) is 0.668. The number of benzene rings is 2. The minimum absolute atomic E-state index is 0.256. The van der Waals surface area contributed by atoms with Gasteiger partial charge in [-0.2, -0.15) is 10.5 Å². The number of para-hydroxylation sites is 1. The second kappa shape index (κ2) is 9.97. The van der Waals surface area contributed by atoms with E-state index in [1.54, 1.807) is 31.3 Å². The molecule has 1 unspecified atom stereocenters. The zero-order chi connectivity index (χ0) is 29.1. The van der Waals surface area contributed by atoms with Gasteiger partial charge in [0.15, 0.2) is 11.5 Å². The molecule has 1 atom stereocenters. The molecule has 2 aliphatic heterocycles. The van der Waals surface area contributed by atoms with Crippen molar-refractivity contribution in [2.24, 2.45) is 5.41 Å². The number of halogens is 2. The van der Waals surface area contributed by atoms with Gasteiger partial charge in [-0.1, -0.05) is 23.7 Å². The molecule has 10 heteroatoms. The molecule has 2 aromatic heterocycles. The molecule has 1 saturated heterocycles. The van der Waals surface area contributed by atoms with Gasteiger partial charge in [0, 0.05) is 30.1 Å².